The molecule has 66 valence electrons. The standard InChI is InChI=1S/C8H13N3O/c1-6(12)5-11-7-2-3-10-8(9)4-7/h2-4,6,12H,5H2,1H3,(H3,9,10,11). The summed E-state index contributed by atoms with van der Waals surface area (Å²) in [7, 11) is 0. The zero-order chi connectivity index (χ0) is 8.97. The predicted molar refractivity (Wildman–Crippen MR) is 48.8 cm³/mol. The van der Waals surface area contributed by atoms with Crippen molar-refractivity contribution in [2.45, 2.75) is 13.0 Å². The third-order valence-electron chi connectivity index (χ3n) is 1.38. The first-order chi connectivity index (χ1) is 5.68. The summed E-state index contributed by atoms with van der Waals surface area (Å²) in [6.07, 6.45) is 1.26. The van der Waals surface area contributed by atoms with E-state index in [4.69, 9.17) is 10.8 Å². The molecule has 0 aromatic carbocycles. The van der Waals surface area contributed by atoms with Crippen LogP contribution in [0.15, 0.2) is 18.3 Å². The van der Waals surface area contributed by atoms with Gasteiger partial charge in [-0.25, -0.2) is 4.98 Å². The minimum Gasteiger partial charge on any atom is -0.392 e. The van der Waals surface area contributed by atoms with Crippen LogP contribution in [0.1, 0.15) is 6.92 Å². The van der Waals surface area contributed by atoms with Crippen molar-refractivity contribution in [3.8, 4) is 0 Å². The largest absolute Gasteiger partial charge is 0.392 e. The zero-order valence-corrected chi connectivity index (χ0v) is 6.99. The summed E-state index contributed by atoms with van der Waals surface area (Å²) >= 11 is 0. The van der Waals surface area contributed by atoms with Gasteiger partial charge in [0.25, 0.3) is 0 Å². The number of nitrogens with one attached hydrogen (secondary N) is 1. The lowest BCUT2D eigenvalue weighted by Gasteiger charge is -2.07. The molecule has 0 aliphatic rings. The minimum atomic E-state index is -0.362. The molecule has 4 N–H and O–H groups in total. The van der Waals surface area contributed by atoms with E-state index in [9.17, 15) is 0 Å². The number of hydrogen-bond acceptors (Lipinski definition) is 4. The van der Waals surface area contributed by atoms with Crippen molar-refractivity contribution in [2.24, 2.45) is 0 Å². The second-order valence-electron chi connectivity index (χ2n) is 2.70. The van der Waals surface area contributed by atoms with E-state index in [1.807, 2.05) is 0 Å². The van der Waals surface area contributed by atoms with Crippen LogP contribution in [0.3, 0.4) is 0 Å². The van der Waals surface area contributed by atoms with E-state index in [1.165, 1.54) is 0 Å². The summed E-state index contributed by atoms with van der Waals surface area (Å²) in [6, 6.07) is 3.53. The number of pyridine rings is 1. The van der Waals surface area contributed by atoms with Gasteiger partial charge in [0.05, 0.1) is 6.10 Å². The van der Waals surface area contributed by atoms with Gasteiger partial charge in [-0.3, -0.25) is 0 Å². The molecule has 1 heterocycles. The first-order valence-corrected chi connectivity index (χ1v) is 3.82. The smallest absolute Gasteiger partial charge is 0.125 e. The highest BCUT2D eigenvalue weighted by Crippen LogP contribution is 2.08. The highest BCUT2D eigenvalue weighted by atomic mass is 16.3. The fourth-order valence-corrected chi connectivity index (χ4v) is 0.824. The Labute approximate surface area is 71.4 Å². The molecule has 0 spiro atoms. The second-order valence-corrected chi connectivity index (χ2v) is 2.70. The van der Waals surface area contributed by atoms with Crippen molar-refractivity contribution < 1.29 is 5.11 Å². The second kappa shape index (κ2) is 3.92. The first-order valence-electron chi connectivity index (χ1n) is 3.82. The van der Waals surface area contributed by atoms with E-state index in [0.29, 0.717) is 12.4 Å². The molecule has 0 saturated carbocycles. The van der Waals surface area contributed by atoms with E-state index < -0.39 is 0 Å². The maximum absolute atomic E-state index is 8.97. The monoisotopic (exact) mass is 167 g/mol. The number of anilines is 2. The minimum absolute atomic E-state index is 0.362. The Bertz CT molecular complexity index is 250. The van der Waals surface area contributed by atoms with Crippen molar-refractivity contribution in [2.75, 3.05) is 17.6 Å². The Balaban J connectivity index is 2.52. The van der Waals surface area contributed by atoms with Crippen LogP contribution < -0.4 is 11.1 Å². The topological polar surface area (TPSA) is 71.2 Å². The van der Waals surface area contributed by atoms with E-state index in [-0.39, 0.29) is 6.10 Å². The number of rotatable bonds is 3. The summed E-state index contributed by atoms with van der Waals surface area (Å²) in [5.74, 6) is 0.477. The van der Waals surface area contributed by atoms with Gasteiger partial charge in [-0.15, -0.1) is 0 Å². The van der Waals surface area contributed by atoms with Crippen molar-refractivity contribution in [1.29, 1.82) is 0 Å². The summed E-state index contributed by atoms with van der Waals surface area (Å²) in [6.45, 7) is 2.24. The molecule has 0 aliphatic carbocycles. The van der Waals surface area contributed by atoms with Crippen LogP contribution in [0, 0.1) is 0 Å². The van der Waals surface area contributed by atoms with Crippen LogP contribution in [0.2, 0.25) is 0 Å². The Morgan fingerprint density at radius 3 is 3.08 bits per heavy atom. The number of aromatic nitrogens is 1. The summed E-state index contributed by atoms with van der Waals surface area (Å²) in [4.78, 5) is 3.84. The van der Waals surface area contributed by atoms with Gasteiger partial charge in [-0.05, 0) is 13.0 Å². The molecule has 0 radical (unpaired) electrons. The lowest BCUT2D eigenvalue weighted by molar-refractivity contribution is 0.208. The summed E-state index contributed by atoms with van der Waals surface area (Å²) in [5, 5.41) is 12.0. The van der Waals surface area contributed by atoms with Crippen LogP contribution >= 0.6 is 0 Å². The Morgan fingerprint density at radius 2 is 2.50 bits per heavy atom. The fourth-order valence-electron chi connectivity index (χ4n) is 0.824. The van der Waals surface area contributed by atoms with Gasteiger partial charge >= 0.3 is 0 Å². The first kappa shape index (κ1) is 8.80. The van der Waals surface area contributed by atoms with E-state index in [2.05, 4.69) is 10.3 Å². The molecule has 4 heteroatoms. The van der Waals surface area contributed by atoms with Gasteiger partial charge in [-0.2, -0.15) is 0 Å². The van der Waals surface area contributed by atoms with E-state index in [1.54, 1.807) is 25.3 Å². The Kier molecular flexibility index (Phi) is 2.88. The average molecular weight is 167 g/mol. The lowest BCUT2D eigenvalue weighted by atomic mass is 10.3. The predicted octanol–water partition coefficient (Wildman–Crippen LogP) is 0.456. The van der Waals surface area contributed by atoms with Gasteiger partial charge < -0.3 is 16.2 Å². The molecule has 0 bridgehead atoms. The van der Waals surface area contributed by atoms with Crippen LogP contribution in [-0.4, -0.2) is 22.7 Å². The Morgan fingerprint density at radius 1 is 1.75 bits per heavy atom. The number of nitrogen functional groups attached to an aromatic ring is 1. The van der Waals surface area contributed by atoms with Gasteiger partial charge in [-0.1, -0.05) is 0 Å². The van der Waals surface area contributed by atoms with E-state index >= 15 is 0 Å². The molecule has 0 aliphatic heterocycles. The molecule has 12 heavy (non-hydrogen) atoms. The van der Waals surface area contributed by atoms with Gasteiger partial charge in [0, 0.05) is 24.5 Å². The molecular formula is C8H13N3O. The quantitative estimate of drug-likeness (QED) is 0.611. The SMILES string of the molecule is CC(O)CNc1ccnc(N)c1. The number of aliphatic hydroxyl groups is 1. The van der Waals surface area contributed by atoms with Gasteiger partial charge in [0.1, 0.15) is 5.82 Å². The van der Waals surface area contributed by atoms with Gasteiger partial charge in [0.15, 0.2) is 0 Å². The number of nitrogens with two attached hydrogens (primary N) is 1. The van der Waals surface area contributed by atoms with Crippen LogP contribution in [-0.2, 0) is 0 Å². The van der Waals surface area contributed by atoms with Crippen LogP contribution in [0.5, 0.6) is 0 Å². The average Bonchev–Trinajstić information content (AvgIpc) is 2.01. The summed E-state index contributed by atoms with van der Waals surface area (Å²) < 4.78 is 0. The maximum atomic E-state index is 8.97. The maximum Gasteiger partial charge on any atom is 0.125 e. The van der Waals surface area contributed by atoms with Crippen LogP contribution in [0.25, 0.3) is 0 Å². The van der Waals surface area contributed by atoms with Crippen LogP contribution in [0.4, 0.5) is 11.5 Å². The molecular weight excluding hydrogens is 154 g/mol. The van der Waals surface area contributed by atoms with Crippen molar-refractivity contribution in [3.05, 3.63) is 18.3 Å². The fraction of sp³-hybridized carbons (Fsp3) is 0.375. The molecule has 1 rings (SSSR count). The summed E-state index contributed by atoms with van der Waals surface area (Å²) in [5.41, 5.74) is 6.33. The molecule has 1 aromatic heterocycles. The molecule has 1 atom stereocenters. The molecule has 0 amide bonds. The number of nitrogens with zero attached hydrogens (tertiary/aromatic N) is 1. The highest BCUT2D eigenvalue weighted by Gasteiger charge is 1.95. The third-order valence-corrected chi connectivity index (χ3v) is 1.38. The van der Waals surface area contributed by atoms with Crippen molar-refractivity contribution >= 4 is 11.5 Å². The third kappa shape index (κ3) is 2.75. The lowest BCUT2D eigenvalue weighted by Crippen LogP contribution is -2.15. The molecule has 1 unspecified atom stereocenters. The molecule has 1 aromatic rings. The normalized spacial score (nSPS) is 12.5. The van der Waals surface area contributed by atoms with Gasteiger partial charge in [0.2, 0.25) is 0 Å². The number of aliphatic hydroxyl groups excluding tert-OH is 1. The van der Waals surface area contributed by atoms with Crippen molar-refractivity contribution in [3.63, 3.8) is 0 Å². The molecule has 4 nitrogen and oxygen atoms in total. The van der Waals surface area contributed by atoms with Crippen molar-refractivity contribution in [1.82, 2.24) is 4.98 Å². The molecule has 0 saturated heterocycles. The molecule has 0 fully saturated rings. The van der Waals surface area contributed by atoms with E-state index in [0.717, 1.165) is 5.69 Å². The zero-order valence-electron chi connectivity index (χ0n) is 6.99. The Hall–Kier alpha value is -1.29. The number of hydrogen-bond donors (Lipinski definition) is 3. The highest BCUT2D eigenvalue weighted by molar-refractivity contribution is 5.49.